The van der Waals surface area contributed by atoms with E-state index in [0.717, 1.165) is 32.7 Å². The lowest BCUT2D eigenvalue weighted by Gasteiger charge is -2.07. The lowest BCUT2D eigenvalue weighted by Crippen LogP contribution is -1.93. The summed E-state index contributed by atoms with van der Waals surface area (Å²) in [6, 6.07) is 20.8. The van der Waals surface area contributed by atoms with Crippen molar-refractivity contribution in [1.82, 2.24) is 9.97 Å². The molecule has 3 N–H and O–H groups in total. The Morgan fingerprint density at radius 2 is 1.45 bits per heavy atom. The highest BCUT2D eigenvalue weighted by atomic mass is 14.8. The molecule has 0 fully saturated rings. The fourth-order valence-electron chi connectivity index (χ4n) is 3.32. The molecule has 3 nitrogen and oxygen atoms in total. The van der Waals surface area contributed by atoms with Crippen molar-refractivity contribution in [1.29, 1.82) is 0 Å². The van der Waals surface area contributed by atoms with Crippen molar-refractivity contribution in [2.24, 2.45) is 0 Å². The maximum Gasteiger partial charge on any atom is 0.132 e. The van der Waals surface area contributed by atoms with E-state index >= 15 is 0 Å². The van der Waals surface area contributed by atoms with Crippen molar-refractivity contribution in [2.75, 3.05) is 5.73 Å². The van der Waals surface area contributed by atoms with Crippen LogP contribution in [0.15, 0.2) is 60.7 Å². The van der Waals surface area contributed by atoms with Crippen LogP contribution >= 0.6 is 0 Å². The van der Waals surface area contributed by atoms with E-state index in [1.807, 2.05) is 24.3 Å². The Labute approximate surface area is 126 Å². The molecule has 104 valence electrons. The summed E-state index contributed by atoms with van der Waals surface area (Å²) in [5, 5.41) is 5.75. The van der Waals surface area contributed by atoms with Crippen molar-refractivity contribution in [3.8, 4) is 0 Å². The van der Waals surface area contributed by atoms with Gasteiger partial charge in [-0.3, -0.25) is 0 Å². The summed E-state index contributed by atoms with van der Waals surface area (Å²) >= 11 is 0. The highest BCUT2D eigenvalue weighted by Gasteiger charge is 2.10. The minimum absolute atomic E-state index is 0.578. The second-order valence-electron chi connectivity index (χ2n) is 5.63. The van der Waals surface area contributed by atoms with E-state index in [1.165, 1.54) is 10.8 Å². The third kappa shape index (κ3) is 1.42. The summed E-state index contributed by atoms with van der Waals surface area (Å²) in [6.45, 7) is 0. The molecule has 0 radical (unpaired) electrons. The number of aromatic amines is 1. The normalized spacial score (nSPS) is 11.8. The fraction of sp³-hybridized carbons (Fsp3) is 0. The van der Waals surface area contributed by atoms with Crippen molar-refractivity contribution < 1.29 is 0 Å². The summed E-state index contributed by atoms with van der Waals surface area (Å²) < 4.78 is 0. The molecule has 2 heterocycles. The van der Waals surface area contributed by atoms with Crippen LogP contribution in [-0.4, -0.2) is 9.97 Å². The van der Waals surface area contributed by atoms with Crippen LogP contribution in [0, 0.1) is 0 Å². The van der Waals surface area contributed by atoms with Gasteiger partial charge in [-0.05, 0) is 29.7 Å². The molecule has 3 aromatic carbocycles. The first-order valence-electron chi connectivity index (χ1n) is 7.30. The van der Waals surface area contributed by atoms with Gasteiger partial charge in [-0.1, -0.05) is 36.4 Å². The number of nitrogens with zero attached hydrogens (tertiary/aromatic N) is 1. The van der Waals surface area contributed by atoms with Gasteiger partial charge in [0.1, 0.15) is 5.82 Å². The van der Waals surface area contributed by atoms with Crippen LogP contribution in [0.4, 0.5) is 5.82 Å². The number of hydrogen-bond donors (Lipinski definition) is 2. The van der Waals surface area contributed by atoms with E-state index in [0.29, 0.717) is 5.82 Å². The highest BCUT2D eigenvalue weighted by molar-refractivity contribution is 6.18. The molecular weight excluding hydrogens is 270 g/mol. The number of benzene rings is 3. The number of para-hydroxylation sites is 2. The zero-order valence-electron chi connectivity index (χ0n) is 11.8. The number of H-pyrrole nitrogens is 1. The van der Waals surface area contributed by atoms with Crippen LogP contribution in [0.2, 0.25) is 0 Å². The van der Waals surface area contributed by atoms with Crippen LogP contribution in [0.5, 0.6) is 0 Å². The maximum atomic E-state index is 6.18. The third-order valence-corrected chi connectivity index (χ3v) is 4.36. The molecule has 0 amide bonds. The molecular formula is C19H13N3. The molecule has 2 aromatic heterocycles. The summed E-state index contributed by atoms with van der Waals surface area (Å²) in [6.07, 6.45) is 0. The Balaban J connectivity index is 2.08. The van der Waals surface area contributed by atoms with Crippen LogP contribution < -0.4 is 5.73 Å². The Kier molecular flexibility index (Phi) is 2.09. The first-order valence-corrected chi connectivity index (χ1v) is 7.30. The summed E-state index contributed by atoms with van der Waals surface area (Å²) in [4.78, 5) is 7.99. The van der Waals surface area contributed by atoms with Gasteiger partial charge in [0.2, 0.25) is 0 Å². The van der Waals surface area contributed by atoms with Gasteiger partial charge in [-0.25, -0.2) is 4.98 Å². The average Bonchev–Trinajstić information content (AvgIpc) is 2.91. The third-order valence-electron chi connectivity index (χ3n) is 4.36. The van der Waals surface area contributed by atoms with Gasteiger partial charge in [0.25, 0.3) is 0 Å². The molecule has 3 heteroatoms. The lowest BCUT2D eigenvalue weighted by molar-refractivity contribution is 1.44. The number of rotatable bonds is 0. The monoisotopic (exact) mass is 283 g/mol. The van der Waals surface area contributed by atoms with Gasteiger partial charge >= 0.3 is 0 Å². The Hall–Kier alpha value is -3.07. The number of nitrogen functional groups attached to an aromatic ring is 1. The Bertz CT molecular complexity index is 1190. The number of nitrogens with two attached hydrogens (primary N) is 1. The average molecular weight is 283 g/mol. The number of anilines is 1. The Morgan fingerprint density at radius 1 is 0.682 bits per heavy atom. The summed E-state index contributed by atoms with van der Waals surface area (Å²) in [5.41, 5.74) is 9.36. The van der Waals surface area contributed by atoms with Gasteiger partial charge < -0.3 is 10.7 Å². The van der Waals surface area contributed by atoms with Crippen LogP contribution in [0.1, 0.15) is 0 Å². The van der Waals surface area contributed by atoms with Gasteiger partial charge in [0, 0.05) is 32.6 Å². The second kappa shape index (κ2) is 3.98. The first kappa shape index (κ1) is 11.6. The van der Waals surface area contributed by atoms with Crippen LogP contribution in [0.25, 0.3) is 43.5 Å². The van der Waals surface area contributed by atoms with E-state index in [4.69, 9.17) is 5.73 Å². The SMILES string of the molecule is Nc1nc2ccccc2c2cc3c(cc12)[nH]c1ccccc13. The van der Waals surface area contributed by atoms with Crippen LogP contribution in [0.3, 0.4) is 0 Å². The summed E-state index contributed by atoms with van der Waals surface area (Å²) in [7, 11) is 0. The predicted molar refractivity (Wildman–Crippen MR) is 93.0 cm³/mol. The molecule has 0 spiro atoms. The minimum atomic E-state index is 0.578. The fourth-order valence-corrected chi connectivity index (χ4v) is 3.32. The van der Waals surface area contributed by atoms with E-state index in [9.17, 15) is 0 Å². The molecule has 22 heavy (non-hydrogen) atoms. The van der Waals surface area contributed by atoms with Gasteiger partial charge in [-0.15, -0.1) is 0 Å². The van der Waals surface area contributed by atoms with Gasteiger partial charge in [0.05, 0.1) is 5.52 Å². The zero-order chi connectivity index (χ0) is 14.7. The van der Waals surface area contributed by atoms with E-state index in [1.54, 1.807) is 0 Å². The number of nitrogens with one attached hydrogen (secondary N) is 1. The number of aromatic nitrogens is 2. The molecule has 0 aliphatic heterocycles. The smallest absolute Gasteiger partial charge is 0.132 e. The maximum absolute atomic E-state index is 6.18. The van der Waals surface area contributed by atoms with E-state index < -0.39 is 0 Å². The zero-order valence-corrected chi connectivity index (χ0v) is 11.8. The molecule has 5 rings (SSSR count). The van der Waals surface area contributed by atoms with Crippen molar-refractivity contribution in [2.45, 2.75) is 0 Å². The first-order chi connectivity index (χ1) is 10.8. The van der Waals surface area contributed by atoms with E-state index in [2.05, 4.69) is 46.4 Å². The molecule has 0 bridgehead atoms. The highest BCUT2D eigenvalue weighted by Crippen LogP contribution is 2.34. The Morgan fingerprint density at radius 3 is 2.36 bits per heavy atom. The second-order valence-corrected chi connectivity index (χ2v) is 5.63. The number of fused-ring (bicyclic) bond motifs is 6. The van der Waals surface area contributed by atoms with Gasteiger partial charge in [-0.2, -0.15) is 0 Å². The molecule has 5 aromatic rings. The standard InChI is InChI=1S/C19H13N3/c20-19-15-10-18-14(12-6-2-3-7-16(12)21-18)9-13(15)11-5-1-4-8-17(11)22-19/h1-10,21H,(H2,20,22). The predicted octanol–water partition coefficient (Wildman–Crippen LogP) is 4.60. The molecule has 0 unspecified atom stereocenters. The molecule has 0 aliphatic rings. The quantitative estimate of drug-likeness (QED) is 0.408. The van der Waals surface area contributed by atoms with Crippen molar-refractivity contribution in [3.63, 3.8) is 0 Å². The minimum Gasteiger partial charge on any atom is -0.383 e. The topological polar surface area (TPSA) is 54.7 Å². The van der Waals surface area contributed by atoms with Crippen molar-refractivity contribution >= 4 is 49.3 Å². The lowest BCUT2D eigenvalue weighted by atomic mass is 10.0. The van der Waals surface area contributed by atoms with Crippen LogP contribution in [-0.2, 0) is 0 Å². The largest absolute Gasteiger partial charge is 0.383 e. The molecule has 0 saturated heterocycles. The number of pyridine rings is 1. The van der Waals surface area contributed by atoms with Crippen molar-refractivity contribution in [3.05, 3.63) is 60.7 Å². The van der Waals surface area contributed by atoms with E-state index in [-0.39, 0.29) is 0 Å². The molecule has 0 saturated carbocycles. The molecule has 0 aliphatic carbocycles. The summed E-state index contributed by atoms with van der Waals surface area (Å²) in [5.74, 6) is 0.578. The van der Waals surface area contributed by atoms with Gasteiger partial charge in [0.15, 0.2) is 0 Å². The number of hydrogen-bond acceptors (Lipinski definition) is 2. The molecule has 0 atom stereocenters.